The molecular weight excluding hydrogens is 254 g/mol. The van der Waals surface area contributed by atoms with Gasteiger partial charge in [-0.15, -0.1) is 11.3 Å². The molecule has 0 aliphatic heterocycles. The Hall–Kier alpha value is -1.39. The van der Waals surface area contributed by atoms with Crippen LogP contribution < -0.4 is 10.6 Å². The average molecular weight is 275 g/mol. The number of aromatic nitrogens is 1. The molecule has 2 aromatic rings. The number of hydrogen-bond donors (Lipinski definition) is 1. The Kier molecular flexibility index (Phi) is 4.93. The summed E-state index contributed by atoms with van der Waals surface area (Å²) in [6.45, 7) is 7.08. The van der Waals surface area contributed by atoms with E-state index in [2.05, 4.69) is 53.4 Å². The fourth-order valence-electron chi connectivity index (χ4n) is 2.11. The van der Waals surface area contributed by atoms with Crippen LogP contribution in [-0.2, 0) is 6.42 Å². The number of anilines is 1. The molecule has 0 fully saturated rings. The lowest BCUT2D eigenvalue weighted by Gasteiger charge is -2.20. The molecule has 2 N–H and O–H groups in total. The maximum atomic E-state index is 5.55. The lowest BCUT2D eigenvalue weighted by atomic mass is 10.2. The Morgan fingerprint density at radius 1 is 1.16 bits per heavy atom. The van der Waals surface area contributed by atoms with Gasteiger partial charge in [0.15, 0.2) is 0 Å². The van der Waals surface area contributed by atoms with E-state index in [1.54, 1.807) is 11.3 Å². The molecular formula is C15H21N3S. The van der Waals surface area contributed by atoms with Gasteiger partial charge in [-0.1, -0.05) is 0 Å². The third-order valence-electron chi connectivity index (χ3n) is 3.20. The quantitative estimate of drug-likeness (QED) is 0.880. The van der Waals surface area contributed by atoms with Crippen LogP contribution in [0.2, 0.25) is 0 Å². The Morgan fingerprint density at radius 3 is 2.42 bits per heavy atom. The summed E-state index contributed by atoms with van der Waals surface area (Å²) in [5.74, 6) is 0. The molecule has 0 bridgehead atoms. The van der Waals surface area contributed by atoms with Crippen molar-refractivity contribution in [1.82, 2.24) is 4.98 Å². The fourth-order valence-corrected chi connectivity index (χ4v) is 2.97. The molecule has 1 aromatic carbocycles. The van der Waals surface area contributed by atoms with Gasteiger partial charge in [0.1, 0.15) is 5.01 Å². The molecule has 0 aliphatic carbocycles. The summed E-state index contributed by atoms with van der Waals surface area (Å²) in [4.78, 5) is 6.95. The molecule has 102 valence electrons. The number of thiazole rings is 1. The van der Waals surface area contributed by atoms with E-state index in [0.29, 0.717) is 6.54 Å². The Balaban J connectivity index is 2.17. The molecule has 0 aliphatic rings. The van der Waals surface area contributed by atoms with Gasteiger partial charge in [-0.05, 0) is 44.7 Å². The second-order valence-corrected chi connectivity index (χ2v) is 5.26. The highest BCUT2D eigenvalue weighted by molar-refractivity contribution is 7.13. The van der Waals surface area contributed by atoms with Crippen LogP contribution in [0.4, 0.5) is 5.69 Å². The van der Waals surface area contributed by atoms with E-state index in [9.17, 15) is 0 Å². The maximum absolute atomic E-state index is 5.55. The maximum Gasteiger partial charge on any atom is 0.123 e. The van der Waals surface area contributed by atoms with Crippen LogP contribution in [-0.4, -0.2) is 24.6 Å². The monoisotopic (exact) mass is 275 g/mol. The third kappa shape index (κ3) is 3.33. The van der Waals surface area contributed by atoms with Crippen molar-refractivity contribution in [3.63, 3.8) is 0 Å². The van der Waals surface area contributed by atoms with E-state index >= 15 is 0 Å². The van der Waals surface area contributed by atoms with Crippen molar-refractivity contribution in [2.45, 2.75) is 20.3 Å². The number of nitrogens with zero attached hydrogens (tertiary/aromatic N) is 2. The van der Waals surface area contributed by atoms with Gasteiger partial charge in [0, 0.05) is 36.1 Å². The van der Waals surface area contributed by atoms with Gasteiger partial charge in [-0.25, -0.2) is 4.98 Å². The Labute approximate surface area is 119 Å². The van der Waals surface area contributed by atoms with E-state index in [-0.39, 0.29) is 0 Å². The highest BCUT2D eigenvalue weighted by Crippen LogP contribution is 2.26. The van der Waals surface area contributed by atoms with Crippen molar-refractivity contribution in [3.05, 3.63) is 35.3 Å². The number of hydrogen-bond acceptors (Lipinski definition) is 4. The van der Waals surface area contributed by atoms with E-state index in [4.69, 9.17) is 5.73 Å². The molecule has 1 heterocycles. The zero-order valence-corrected chi connectivity index (χ0v) is 12.4. The highest BCUT2D eigenvalue weighted by atomic mass is 32.1. The number of nitrogens with two attached hydrogens (primary N) is 1. The van der Waals surface area contributed by atoms with Crippen LogP contribution in [0.5, 0.6) is 0 Å². The van der Waals surface area contributed by atoms with Gasteiger partial charge in [0.2, 0.25) is 0 Å². The van der Waals surface area contributed by atoms with E-state index in [0.717, 1.165) is 30.2 Å². The van der Waals surface area contributed by atoms with Crippen molar-refractivity contribution in [2.75, 3.05) is 24.5 Å². The third-order valence-corrected chi connectivity index (χ3v) is 4.14. The zero-order chi connectivity index (χ0) is 13.7. The summed E-state index contributed by atoms with van der Waals surface area (Å²) in [6.07, 6.45) is 0.855. The van der Waals surface area contributed by atoms with Crippen molar-refractivity contribution < 1.29 is 0 Å². The molecule has 0 spiro atoms. The van der Waals surface area contributed by atoms with Crippen molar-refractivity contribution in [3.8, 4) is 10.6 Å². The molecule has 0 saturated carbocycles. The van der Waals surface area contributed by atoms with Crippen molar-refractivity contribution in [2.24, 2.45) is 5.73 Å². The smallest absolute Gasteiger partial charge is 0.123 e. The second kappa shape index (κ2) is 6.68. The Bertz CT molecular complexity index is 500. The molecule has 0 atom stereocenters. The fraction of sp³-hybridized carbons (Fsp3) is 0.400. The SMILES string of the molecule is CCN(CC)c1ccc(-c2nc(CCN)cs2)cc1. The molecule has 0 saturated heterocycles. The molecule has 1 aromatic heterocycles. The summed E-state index contributed by atoms with van der Waals surface area (Å²) in [5.41, 5.74) is 9.10. The summed E-state index contributed by atoms with van der Waals surface area (Å²) in [6, 6.07) is 8.65. The lowest BCUT2D eigenvalue weighted by molar-refractivity contribution is 0.866. The van der Waals surface area contributed by atoms with Gasteiger partial charge in [0.25, 0.3) is 0 Å². The van der Waals surface area contributed by atoms with E-state index in [1.807, 2.05) is 0 Å². The minimum Gasteiger partial charge on any atom is -0.372 e. The van der Waals surface area contributed by atoms with Crippen LogP contribution >= 0.6 is 11.3 Å². The summed E-state index contributed by atoms with van der Waals surface area (Å²) >= 11 is 1.69. The van der Waals surface area contributed by atoms with Gasteiger partial charge >= 0.3 is 0 Å². The van der Waals surface area contributed by atoms with Crippen LogP contribution in [0.15, 0.2) is 29.6 Å². The standard InChI is InChI=1S/C15H21N3S/c1-3-18(4-2)14-7-5-12(6-8-14)15-17-13(9-10-16)11-19-15/h5-8,11H,3-4,9-10,16H2,1-2H3. The molecule has 3 nitrogen and oxygen atoms in total. The van der Waals surface area contributed by atoms with Gasteiger partial charge < -0.3 is 10.6 Å². The molecule has 0 radical (unpaired) electrons. The first kappa shape index (κ1) is 14.0. The number of rotatable bonds is 6. The first-order chi connectivity index (χ1) is 9.28. The summed E-state index contributed by atoms with van der Waals surface area (Å²) in [5, 5.41) is 3.18. The van der Waals surface area contributed by atoms with Gasteiger partial charge in [-0.2, -0.15) is 0 Å². The summed E-state index contributed by atoms with van der Waals surface area (Å²) < 4.78 is 0. The van der Waals surface area contributed by atoms with Gasteiger partial charge in [-0.3, -0.25) is 0 Å². The average Bonchev–Trinajstić information content (AvgIpc) is 2.90. The van der Waals surface area contributed by atoms with Crippen molar-refractivity contribution in [1.29, 1.82) is 0 Å². The number of benzene rings is 1. The van der Waals surface area contributed by atoms with E-state index in [1.165, 1.54) is 11.3 Å². The highest BCUT2D eigenvalue weighted by Gasteiger charge is 2.06. The van der Waals surface area contributed by atoms with E-state index < -0.39 is 0 Å². The minimum atomic E-state index is 0.657. The molecule has 4 heteroatoms. The van der Waals surface area contributed by atoms with Crippen LogP contribution in [0.25, 0.3) is 10.6 Å². The largest absolute Gasteiger partial charge is 0.372 e. The predicted molar refractivity (Wildman–Crippen MR) is 83.9 cm³/mol. The molecule has 2 rings (SSSR count). The zero-order valence-electron chi connectivity index (χ0n) is 11.6. The summed E-state index contributed by atoms with van der Waals surface area (Å²) in [7, 11) is 0. The molecule has 0 unspecified atom stereocenters. The van der Waals surface area contributed by atoms with Crippen molar-refractivity contribution >= 4 is 17.0 Å². The molecule has 19 heavy (non-hydrogen) atoms. The Morgan fingerprint density at radius 2 is 1.84 bits per heavy atom. The minimum absolute atomic E-state index is 0.657. The predicted octanol–water partition coefficient (Wildman–Crippen LogP) is 3.16. The second-order valence-electron chi connectivity index (χ2n) is 4.40. The topological polar surface area (TPSA) is 42.2 Å². The van der Waals surface area contributed by atoms with Crippen LogP contribution in [0, 0.1) is 0 Å². The van der Waals surface area contributed by atoms with Crippen LogP contribution in [0.1, 0.15) is 19.5 Å². The first-order valence-electron chi connectivity index (χ1n) is 6.78. The lowest BCUT2D eigenvalue weighted by Crippen LogP contribution is -2.21. The van der Waals surface area contributed by atoms with Gasteiger partial charge in [0.05, 0.1) is 5.69 Å². The molecule has 0 amide bonds. The van der Waals surface area contributed by atoms with Crippen LogP contribution in [0.3, 0.4) is 0 Å². The first-order valence-corrected chi connectivity index (χ1v) is 7.66. The normalized spacial score (nSPS) is 10.7.